The maximum absolute atomic E-state index is 12.8. The van der Waals surface area contributed by atoms with E-state index < -0.39 is 0 Å². The Morgan fingerprint density at radius 1 is 1.28 bits per heavy atom. The van der Waals surface area contributed by atoms with Gasteiger partial charge in [-0.25, -0.2) is 4.79 Å². The molecule has 0 bridgehead atoms. The Morgan fingerprint density at radius 3 is 2.83 bits per heavy atom. The van der Waals surface area contributed by atoms with Crippen LogP contribution in [0.15, 0.2) is 47.0 Å². The topological polar surface area (TPSA) is 110 Å². The molecule has 1 aliphatic rings. The van der Waals surface area contributed by atoms with Crippen molar-refractivity contribution < 1.29 is 18.8 Å². The second-order valence-electron chi connectivity index (χ2n) is 6.44. The van der Waals surface area contributed by atoms with E-state index in [4.69, 9.17) is 9.26 Å². The third-order valence-electron chi connectivity index (χ3n) is 4.49. The summed E-state index contributed by atoms with van der Waals surface area (Å²) < 4.78 is 10.4. The van der Waals surface area contributed by atoms with Gasteiger partial charge < -0.3 is 19.9 Å². The highest BCUT2D eigenvalue weighted by molar-refractivity contribution is 6.06. The largest absolute Gasteiger partial charge is 0.495 e. The molecule has 2 aromatic carbocycles. The van der Waals surface area contributed by atoms with Gasteiger partial charge in [-0.3, -0.25) is 9.69 Å². The van der Waals surface area contributed by atoms with E-state index in [2.05, 4.69) is 20.8 Å². The number of methoxy groups -OCH3 is 1. The van der Waals surface area contributed by atoms with E-state index in [9.17, 15) is 9.59 Å². The lowest BCUT2D eigenvalue weighted by molar-refractivity contribution is 0.102. The first kappa shape index (κ1) is 18.5. The molecule has 0 aliphatic carbocycles. The molecule has 1 aromatic heterocycles. The zero-order valence-electron chi connectivity index (χ0n) is 15.9. The van der Waals surface area contributed by atoms with E-state index in [0.717, 1.165) is 5.56 Å². The minimum Gasteiger partial charge on any atom is -0.495 e. The maximum atomic E-state index is 12.8. The van der Waals surface area contributed by atoms with Crippen LogP contribution in [-0.4, -0.2) is 42.3 Å². The predicted octanol–water partition coefficient (Wildman–Crippen LogP) is 2.84. The molecule has 0 atom stereocenters. The Morgan fingerprint density at radius 2 is 2.14 bits per heavy atom. The summed E-state index contributed by atoms with van der Waals surface area (Å²) in [7, 11) is 1.53. The first-order valence-electron chi connectivity index (χ1n) is 9.00. The van der Waals surface area contributed by atoms with Crippen molar-refractivity contribution in [2.45, 2.75) is 6.92 Å². The summed E-state index contributed by atoms with van der Waals surface area (Å²) in [6.45, 7) is 2.76. The van der Waals surface area contributed by atoms with Crippen LogP contribution in [0.4, 0.5) is 16.2 Å². The van der Waals surface area contributed by atoms with E-state index in [1.165, 1.54) is 7.11 Å². The van der Waals surface area contributed by atoms with Crippen LogP contribution in [0, 0.1) is 6.92 Å². The molecular formula is C20H19N5O4. The molecule has 1 fully saturated rings. The lowest BCUT2D eigenvalue weighted by Gasteiger charge is -2.18. The van der Waals surface area contributed by atoms with Gasteiger partial charge >= 0.3 is 6.03 Å². The van der Waals surface area contributed by atoms with Crippen molar-refractivity contribution in [3.63, 3.8) is 0 Å². The Labute approximate surface area is 166 Å². The molecule has 148 valence electrons. The van der Waals surface area contributed by atoms with Crippen molar-refractivity contribution in [1.82, 2.24) is 15.5 Å². The summed E-state index contributed by atoms with van der Waals surface area (Å²) in [6, 6.07) is 11.9. The van der Waals surface area contributed by atoms with E-state index >= 15 is 0 Å². The zero-order chi connectivity index (χ0) is 20.4. The fourth-order valence-electron chi connectivity index (χ4n) is 3.10. The van der Waals surface area contributed by atoms with E-state index in [1.54, 1.807) is 48.2 Å². The highest BCUT2D eigenvalue weighted by Crippen LogP contribution is 2.31. The number of hydrogen-bond acceptors (Lipinski definition) is 6. The number of ether oxygens (including phenoxy) is 1. The summed E-state index contributed by atoms with van der Waals surface area (Å²) in [6.07, 6.45) is 0. The van der Waals surface area contributed by atoms with Crippen molar-refractivity contribution in [2.75, 3.05) is 30.4 Å². The molecule has 2 N–H and O–H groups in total. The lowest BCUT2D eigenvalue weighted by atomic mass is 10.1. The average Bonchev–Trinajstić information content (AvgIpc) is 3.36. The molecule has 4 rings (SSSR count). The number of carbonyl (C=O) groups is 2. The molecule has 2 heterocycles. The summed E-state index contributed by atoms with van der Waals surface area (Å²) in [5.74, 6) is 1.12. The quantitative estimate of drug-likeness (QED) is 0.690. The van der Waals surface area contributed by atoms with Gasteiger partial charge in [0.25, 0.3) is 5.91 Å². The van der Waals surface area contributed by atoms with E-state index in [1.807, 2.05) is 6.07 Å². The van der Waals surface area contributed by atoms with Gasteiger partial charge in [-0.1, -0.05) is 17.3 Å². The van der Waals surface area contributed by atoms with Crippen LogP contribution in [0.1, 0.15) is 16.2 Å². The van der Waals surface area contributed by atoms with E-state index in [0.29, 0.717) is 47.5 Å². The van der Waals surface area contributed by atoms with Gasteiger partial charge in [0.05, 0.1) is 12.8 Å². The van der Waals surface area contributed by atoms with Gasteiger partial charge in [0, 0.05) is 36.8 Å². The van der Waals surface area contributed by atoms with Crippen molar-refractivity contribution in [1.29, 1.82) is 0 Å². The van der Waals surface area contributed by atoms with Crippen LogP contribution in [0.2, 0.25) is 0 Å². The maximum Gasteiger partial charge on any atom is 0.322 e. The number of nitrogens with zero attached hydrogens (tertiary/aromatic N) is 3. The fraction of sp³-hybridized carbons (Fsp3) is 0.200. The highest BCUT2D eigenvalue weighted by Gasteiger charge is 2.25. The average molecular weight is 393 g/mol. The van der Waals surface area contributed by atoms with Crippen LogP contribution in [0.25, 0.3) is 11.4 Å². The standard InChI is InChI=1S/C20H19N5O4/c1-12-22-18(24-29-12)13-4-3-5-15(10-13)23-19(26)14-6-7-17(28-2)16(11-14)25-9-8-21-20(25)27/h3-7,10-11H,8-9H2,1-2H3,(H,21,27)(H,23,26). The third-order valence-corrected chi connectivity index (χ3v) is 4.49. The molecule has 9 heteroatoms. The number of aromatic nitrogens is 2. The monoisotopic (exact) mass is 393 g/mol. The van der Waals surface area contributed by atoms with Crippen LogP contribution < -0.4 is 20.3 Å². The Kier molecular flexibility index (Phi) is 4.86. The van der Waals surface area contributed by atoms with Crippen LogP contribution in [-0.2, 0) is 0 Å². The van der Waals surface area contributed by atoms with Crippen LogP contribution >= 0.6 is 0 Å². The molecular weight excluding hydrogens is 374 g/mol. The summed E-state index contributed by atoms with van der Waals surface area (Å²) in [4.78, 5) is 30.6. The molecule has 3 aromatic rings. The minimum atomic E-state index is -0.310. The van der Waals surface area contributed by atoms with Crippen molar-refractivity contribution in [3.8, 4) is 17.1 Å². The fourth-order valence-corrected chi connectivity index (χ4v) is 3.10. The van der Waals surface area contributed by atoms with Gasteiger partial charge in [-0.15, -0.1) is 0 Å². The van der Waals surface area contributed by atoms with Crippen molar-refractivity contribution in [2.24, 2.45) is 0 Å². The number of aryl methyl sites for hydroxylation is 1. The van der Waals surface area contributed by atoms with Gasteiger partial charge in [-0.05, 0) is 30.3 Å². The highest BCUT2D eigenvalue weighted by atomic mass is 16.5. The molecule has 0 spiro atoms. The molecule has 0 saturated carbocycles. The summed E-state index contributed by atoms with van der Waals surface area (Å²) in [5, 5.41) is 9.49. The van der Waals surface area contributed by atoms with Gasteiger partial charge in [0.2, 0.25) is 11.7 Å². The predicted molar refractivity (Wildman–Crippen MR) is 106 cm³/mol. The molecule has 1 saturated heterocycles. The minimum absolute atomic E-state index is 0.219. The zero-order valence-corrected chi connectivity index (χ0v) is 15.9. The Hall–Kier alpha value is -3.88. The second kappa shape index (κ2) is 7.63. The number of rotatable bonds is 5. The number of carbonyl (C=O) groups excluding carboxylic acids is 2. The van der Waals surface area contributed by atoms with Gasteiger partial charge in [0.15, 0.2) is 0 Å². The normalized spacial score (nSPS) is 13.3. The lowest BCUT2D eigenvalue weighted by Crippen LogP contribution is -2.28. The molecule has 1 aliphatic heterocycles. The van der Waals surface area contributed by atoms with Crippen LogP contribution in [0.5, 0.6) is 5.75 Å². The smallest absolute Gasteiger partial charge is 0.322 e. The van der Waals surface area contributed by atoms with Crippen molar-refractivity contribution >= 4 is 23.3 Å². The van der Waals surface area contributed by atoms with Gasteiger partial charge in [0.1, 0.15) is 5.75 Å². The molecule has 0 unspecified atom stereocenters. The van der Waals surface area contributed by atoms with Crippen molar-refractivity contribution in [3.05, 3.63) is 53.9 Å². The second-order valence-corrected chi connectivity index (χ2v) is 6.44. The Balaban J connectivity index is 1.58. The molecule has 0 radical (unpaired) electrons. The third kappa shape index (κ3) is 3.75. The number of amides is 3. The number of urea groups is 1. The first-order valence-corrected chi connectivity index (χ1v) is 9.00. The van der Waals surface area contributed by atoms with E-state index in [-0.39, 0.29) is 11.9 Å². The van der Waals surface area contributed by atoms with Gasteiger partial charge in [-0.2, -0.15) is 4.98 Å². The summed E-state index contributed by atoms with van der Waals surface area (Å²) >= 11 is 0. The molecule has 29 heavy (non-hydrogen) atoms. The molecule has 3 amide bonds. The number of anilines is 2. The summed E-state index contributed by atoms with van der Waals surface area (Å²) in [5.41, 5.74) is 2.27. The van der Waals surface area contributed by atoms with Crippen LogP contribution in [0.3, 0.4) is 0 Å². The number of nitrogens with one attached hydrogen (secondary N) is 2. The Bertz CT molecular complexity index is 1080. The molecule has 9 nitrogen and oxygen atoms in total. The SMILES string of the molecule is COc1ccc(C(=O)Nc2cccc(-c3noc(C)n3)c2)cc1N1CCNC1=O. The number of hydrogen-bond donors (Lipinski definition) is 2. The number of benzene rings is 2. The first-order chi connectivity index (χ1) is 14.0.